The molecule has 1 rings (SSSR count). The number of hydrogen-bond donors (Lipinski definition) is 1. The molecule has 8 heteroatoms. The van der Waals surface area contributed by atoms with E-state index < -0.39 is 26.3 Å². The van der Waals surface area contributed by atoms with Crippen LogP contribution in [0.15, 0.2) is 18.3 Å². The minimum absolute atomic E-state index is 0.0597. The fraction of sp³-hybridized carbons (Fsp3) is 0.545. The lowest BCUT2D eigenvalue weighted by Crippen LogP contribution is -2.38. The minimum Gasteiger partial charge on any atom is -0.369 e. The third kappa shape index (κ3) is 4.09. The summed E-state index contributed by atoms with van der Waals surface area (Å²) in [5, 5.41) is 2.71. The molecule has 0 saturated heterocycles. The van der Waals surface area contributed by atoms with Gasteiger partial charge >= 0.3 is 6.18 Å². The van der Waals surface area contributed by atoms with Crippen LogP contribution in [0.25, 0.3) is 0 Å². The monoisotopic (exact) mass is 296 g/mol. The largest absolute Gasteiger partial charge is 0.417 e. The van der Waals surface area contributed by atoms with Crippen LogP contribution in [0.1, 0.15) is 19.4 Å². The molecule has 19 heavy (non-hydrogen) atoms. The molecule has 0 spiro atoms. The van der Waals surface area contributed by atoms with Gasteiger partial charge in [-0.3, -0.25) is 0 Å². The fourth-order valence-electron chi connectivity index (χ4n) is 1.10. The zero-order valence-electron chi connectivity index (χ0n) is 10.7. The minimum atomic E-state index is -4.43. The molecule has 108 valence electrons. The quantitative estimate of drug-likeness (QED) is 0.926. The number of hydrogen-bond acceptors (Lipinski definition) is 4. The number of anilines is 1. The average Bonchev–Trinajstić information content (AvgIpc) is 2.24. The smallest absolute Gasteiger partial charge is 0.369 e. The zero-order valence-corrected chi connectivity index (χ0v) is 11.6. The second kappa shape index (κ2) is 4.99. The Kier molecular flexibility index (Phi) is 4.14. The fourth-order valence-corrected chi connectivity index (χ4v) is 1.43. The van der Waals surface area contributed by atoms with E-state index in [1.165, 1.54) is 19.9 Å². The maximum atomic E-state index is 12.3. The van der Waals surface area contributed by atoms with Crippen LogP contribution in [-0.4, -0.2) is 30.9 Å². The molecule has 0 saturated carbocycles. The predicted octanol–water partition coefficient (Wildman–Crippen LogP) is 2.34. The van der Waals surface area contributed by atoms with Crippen molar-refractivity contribution in [3.8, 4) is 0 Å². The summed E-state index contributed by atoms with van der Waals surface area (Å²) in [6.07, 6.45) is -2.62. The first-order valence-corrected chi connectivity index (χ1v) is 7.29. The van der Waals surface area contributed by atoms with Gasteiger partial charge in [0.15, 0.2) is 9.84 Å². The number of nitrogens with one attached hydrogen (secondary N) is 1. The van der Waals surface area contributed by atoms with Gasteiger partial charge in [-0.2, -0.15) is 13.2 Å². The first-order valence-electron chi connectivity index (χ1n) is 5.40. The van der Waals surface area contributed by atoms with Crippen molar-refractivity contribution >= 4 is 15.7 Å². The molecular weight excluding hydrogens is 281 g/mol. The molecule has 0 amide bonds. The van der Waals surface area contributed by atoms with Crippen LogP contribution in [0.3, 0.4) is 0 Å². The third-order valence-corrected chi connectivity index (χ3v) is 4.94. The molecular formula is C11H15F3N2O2S. The highest BCUT2D eigenvalue weighted by Crippen LogP contribution is 2.29. The molecule has 0 fully saturated rings. The van der Waals surface area contributed by atoms with E-state index in [2.05, 4.69) is 10.3 Å². The Balaban J connectivity index is 2.76. The summed E-state index contributed by atoms with van der Waals surface area (Å²) in [5.74, 6) is 0.199. The van der Waals surface area contributed by atoms with E-state index >= 15 is 0 Å². The van der Waals surface area contributed by atoms with Crippen LogP contribution in [0.5, 0.6) is 0 Å². The standard InChI is InChI=1S/C11H15F3N2O2S/c1-10(2,19(3,17)18)7-16-9-5-4-8(6-15-9)11(12,13)14/h4-6H,7H2,1-3H3,(H,15,16). The van der Waals surface area contributed by atoms with E-state index in [1.54, 1.807) is 0 Å². The number of rotatable bonds is 4. The molecule has 1 aromatic heterocycles. The highest BCUT2D eigenvalue weighted by atomic mass is 32.2. The van der Waals surface area contributed by atoms with Crippen molar-refractivity contribution in [2.24, 2.45) is 0 Å². The predicted molar refractivity (Wildman–Crippen MR) is 66.7 cm³/mol. The van der Waals surface area contributed by atoms with Crippen LogP contribution in [0.2, 0.25) is 0 Å². The lowest BCUT2D eigenvalue weighted by atomic mass is 10.2. The van der Waals surface area contributed by atoms with Crippen molar-refractivity contribution in [1.29, 1.82) is 0 Å². The normalized spacial score (nSPS) is 13.4. The lowest BCUT2D eigenvalue weighted by molar-refractivity contribution is -0.137. The van der Waals surface area contributed by atoms with Crippen molar-refractivity contribution in [2.45, 2.75) is 24.8 Å². The van der Waals surface area contributed by atoms with E-state index in [0.717, 1.165) is 12.3 Å². The molecule has 1 heterocycles. The summed E-state index contributed by atoms with van der Waals surface area (Å²) in [4.78, 5) is 3.60. The van der Waals surface area contributed by atoms with Gasteiger partial charge in [-0.25, -0.2) is 13.4 Å². The van der Waals surface area contributed by atoms with Crippen LogP contribution in [0, 0.1) is 0 Å². The van der Waals surface area contributed by atoms with Gasteiger partial charge in [0.1, 0.15) is 5.82 Å². The van der Waals surface area contributed by atoms with Crippen molar-refractivity contribution < 1.29 is 21.6 Å². The Bertz CT molecular complexity index is 536. The van der Waals surface area contributed by atoms with Crippen molar-refractivity contribution in [1.82, 2.24) is 4.98 Å². The Morgan fingerprint density at radius 3 is 2.21 bits per heavy atom. The molecule has 4 nitrogen and oxygen atoms in total. The summed E-state index contributed by atoms with van der Waals surface area (Å²) in [7, 11) is -3.27. The lowest BCUT2D eigenvalue weighted by Gasteiger charge is -2.23. The molecule has 0 atom stereocenters. The molecule has 1 aromatic rings. The summed E-state index contributed by atoms with van der Waals surface area (Å²) >= 11 is 0. The van der Waals surface area contributed by atoms with Crippen molar-refractivity contribution in [3.05, 3.63) is 23.9 Å². The molecule has 0 unspecified atom stereocenters. The summed E-state index contributed by atoms with van der Waals surface area (Å²) < 4.78 is 58.8. The maximum Gasteiger partial charge on any atom is 0.417 e. The highest BCUT2D eigenvalue weighted by Gasteiger charge is 2.31. The van der Waals surface area contributed by atoms with Crippen LogP contribution in [-0.2, 0) is 16.0 Å². The third-order valence-electron chi connectivity index (χ3n) is 2.79. The molecule has 1 N–H and O–H groups in total. The number of aromatic nitrogens is 1. The topological polar surface area (TPSA) is 59.1 Å². The Morgan fingerprint density at radius 1 is 1.26 bits per heavy atom. The molecule has 0 bridgehead atoms. The Labute approximate surface area is 110 Å². The van der Waals surface area contributed by atoms with Crippen molar-refractivity contribution in [3.63, 3.8) is 0 Å². The van der Waals surface area contributed by atoms with Gasteiger partial charge in [0.2, 0.25) is 0 Å². The van der Waals surface area contributed by atoms with Crippen LogP contribution >= 0.6 is 0 Å². The molecule has 0 aliphatic heterocycles. The van der Waals surface area contributed by atoms with E-state index in [1.807, 2.05) is 0 Å². The number of nitrogens with zero attached hydrogens (tertiary/aromatic N) is 1. The highest BCUT2D eigenvalue weighted by molar-refractivity contribution is 7.92. The molecule has 0 aliphatic rings. The Morgan fingerprint density at radius 2 is 1.84 bits per heavy atom. The van der Waals surface area contributed by atoms with Crippen LogP contribution < -0.4 is 5.32 Å². The SMILES string of the molecule is CC(C)(CNc1ccc(C(F)(F)F)cn1)S(C)(=O)=O. The first kappa shape index (κ1) is 15.7. The van der Waals surface area contributed by atoms with E-state index in [4.69, 9.17) is 0 Å². The van der Waals surface area contributed by atoms with E-state index in [9.17, 15) is 21.6 Å². The van der Waals surface area contributed by atoms with Gasteiger partial charge in [-0.15, -0.1) is 0 Å². The second-order valence-electron chi connectivity index (χ2n) is 4.82. The second-order valence-corrected chi connectivity index (χ2v) is 7.46. The van der Waals surface area contributed by atoms with Gasteiger partial charge in [-0.1, -0.05) is 0 Å². The number of alkyl halides is 3. The summed E-state index contributed by atoms with van der Waals surface area (Å²) in [6.45, 7) is 3.11. The maximum absolute atomic E-state index is 12.3. The Hall–Kier alpha value is -1.31. The molecule has 0 aromatic carbocycles. The van der Waals surface area contributed by atoms with E-state index in [-0.39, 0.29) is 12.4 Å². The van der Waals surface area contributed by atoms with Gasteiger partial charge in [-0.05, 0) is 26.0 Å². The van der Waals surface area contributed by atoms with E-state index in [0.29, 0.717) is 6.20 Å². The number of pyridine rings is 1. The van der Waals surface area contributed by atoms with Gasteiger partial charge < -0.3 is 5.32 Å². The number of sulfone groups is 1. The summed E-state index contributed by atoms with van der Waals surface area (Å²) in [6, 6.07) is 2.06. The molecule has 0 radical (unpaired) electrons. The molecule has 0 aliphatic carbocycles. The zero-order chi connectivity index (χ0) is 14.9. The van der Waals surface area contributed by atoms with Crippen molar-refractivity contribution in [2.75, 3.05) is 18.1 Å². The van der Waals surface area contributed by atoms with Gasteiger partial charge in [0.05, 0.1) is 10.3 Å². The average molecular weight is 296 g/mol. The van der Waals surface area contributed by atoms with Gasteiger partial charge in [0, 0.05) is 19.0 Å². The van der Waals surface area contributed by atoms with Gasteiger partial charge in [0.25, 0.3) is 0 Å². The van der Waals surface area contributed by atoms with Crippen LogP contribution in [0.4, 0.5) is 19.0 Å². The summed E-state index contributed by atoms with van der Waals surface area (Å²) in [5.41, 5.74) is -0.847. The number of halogens is 3. The first-order chi connectivity index (χ1) is 8.43.